The maximum atomic E-state index is 13.1. The first-order valence-corrected chi connectivity index (χ1v) is 8.24. The lowest BCUT2D eigenvalue weighted by atomic mass is 10.1. The quantitative estimate of drug-likeness (QED) is 0.737. The largest absolute Gasteiger partial charge is 0.352 e. The number of hydrogen-bond donors (Lipinski definition) is 3. The monoisotopic (exact) mass is 361 g/mol. The highest BCUT2D eigenvalue weighted by atomic mass is 19.1. The van der Waals surface area contributed by atoms with Crippen molar-refractivity contribution in [1.82, 2.24) is 10.6 Å². The molecular formula is C19H21F2N3O2. The van der Waals surface area contributed by atoms with Crippen LogP contribution in [0.4, 0.5) is 19.3 Å². The molecule has 0 heterocycles. The van der Waals surface area contributed by atoms with Crippen molar-refractivity contribution in [3.63, 3.8) is 0 Å². The molecule has 3 amide bonds. The Kier molecular flexibility index (Phi) is 6.66. The Hall–Kier alpha value is -2.96. The lowest BCUT2D eigenvalue weighted by molar-refractivity contribution is 0.0954. The molecule has 0 spiro atoms. The van der Waals surface area contributed by atoms with Crippen LogP contribution in [0.25, 0.3) is 0 Å². The van der Waals surface area contributed by atoms with E-state index in [-0.39, 0.29) is 24.5 Å². The minimum Gasteiger partial charge on any atom is -0.352 e. The Morgan fingerprint density at radius 3 is 2.38 bits per heavy atom. The van der Waals surface area contributed by atoms with Gasteiger partial charge in [-0.3, -0.25) is 4.79 Å². The van der Waals surface area contributed by atoms with Gasteiger partial charge in [0.05, 0.1) is 0 Å². The molecule has 2 aromatic carbocycles. The molecule has 0 aromatic heterocycles. The first-order valence-electron chi connectivity index (χ1n) is 8.24. The molecule has 0 aliphatic carbocycles. The summed E-state index contributed by atoms with van der Waals surface area (Å²) in [6, 6.07) is 9.39. The van der Waals surface area contributed by atoms with Gasteiger partial charge in [-0.15, -0.1) is 0 Å². The zero-order chi connectivity index (χ0) is 19.1. The number of carbonyl (C=O) groups excluding carboxylic acids is 2. The molecule has 0 saturated heterocycles. The zero-order valence-electron chi connectivity index (χ0n) is 14.6. The van der Waals surface area contributed by atoms with Crippen molar-refractivity contribution in [2.75, 3.05) is 11.9 Å². The van der Waals surface area contributed by atoms with Crippen molar-refractivity contribution in [2.45, 2.75) is 26.3 Å². The molecule has 0 bridgehead atoms. The molecule has 0 aliphatic heterocycles. The summed E-state index contributed by atoms with van der Waals surface area (Å²) in [7, 11) is 0. The maximum absolute atomic E-state index is 13.1. The summed E-state index contributed by atoms with van der Waals surface area (Å²) in [5.74, 6) is -1.63. The number of halogens is 2. The van der Waals surface area contributed by atoms with Crippen LogP contribution in [0.2, 0.25) is 0 Å². The molecule has 0 fully saturated rings. The van der Waals surface area contributed by atoms with Crippen molar-refractivity contribution in [3.8, 4) is 0 Å². The van der Waals surface area contributed by atoms with E-state index in [1.54, 1.807) is 24.3 Å². The number of amides is 3. The van der Waals surface area contributed by atoms with E-state index in [1.807, 2.05) is 13.8 Å². The molecular weight excluding hydrogens is 340 g/mol. The van der Waals surface area contributed by atoms with E-state index < -0.39 is 11.6 Å². The third kappa shape index (κ3) is 6.16. The van der Waals surface area contributed by atoms with Crippen LogP contribution in [0.5, 0.6) is 0 Å². The van der Waals surface area contributed by atoms with E-state index in [1.165, 1.54) is 12.1 Å². The summed E-state index contributed by atoms with van der Waals surface area (Å²) in [4.78, 5) is 23.9. The number of rotatable bonds is 6. The average molecular weight is 361 g/mol. The van der Waals surface area contributed by atoms with Gasteiger partial charge in [-0.25, -0.2) is 13.6 Å². The van der Waals surface area contributed by atoms with Gasteiger partial charge in [0, 0.05) is 29.9 Å². The van der Waals surface area contributed by atoms with Crippen LogP contribution in [-0.4, -0.2) is 24.5 Å². The molecule has 2 rings (SSSR count). The second-order valence-corrected chi connectivity index (χ2v) is 6.12. The minimum atomic E-state index is -0.648. The fraction of sp³-hybridized carbons (Fsp3) is 0.263. The fourth-order valence-electron chi connectivity index (χ4n) is 2.35. The van der Waals surface area contributed by atoms with Crippen LogP contribution >= 0.6 is 0 Å². The molecule has 7 heteroatoms. The number of anilines is 1. The van der Waals surface area contributed by atoms with Crippen LogP contribution in [0, 0.1) is 11.6 Å². The predicted molar refractivity (Wildman–Crippen MR) is 96.1 cm³/mol. The van der Waals surface area contributed by atoms with E-state index in [0.717, 1.165) is 6.07 Å². The van der Waals surface area contributed by atoms with E-state index in [9.17, 15) is 18.4 Å². The van der Waals surface area contributed by atoms with Crippen LogP contribution in [0.1, 0.15) is 29.8 Å². The zero-order valence-corrected chi connectivity index (χ0v) is 14.6. The lowest BCUT2D eigenvalue weighted by Crippen LogP contribution is -2.34. The Balaban J connectivity index is 1.90. The van der Waals surface area contributed by atoms with Gasteiger partial charge in [-0.1, -0.05) is 6.07 Å². The summed E-state index contributed by atoms with van der Waals surface area (Å²) in [5.41, 5.74) is 1.32. The van der Waals surface area contributed by atoms with Crippen molar-refractivity contribution >= 4 is 17.6 Å². The van der Waals surface area contributed by atoms with Gasteiger partial charge >= 0.3 is 6.03 Å². The molecule has 3 N–H and O–H groups in total. The number of nitrogens with one attached hydrogen (secondary N) is 3. The topological polar surface area (TPSA) is 70.2 Å². The summed E-state index contributed by atoms with van der Waals surface area (Å²) in [6.45, 7) is 3.91. The second-order valence-electron chi connectivity index (χ2n) is 6.12. The van der Waals surface area contributed by atoms with Crippen LogP contribution in [0.15, 0.2) is 42.5 Å². The number of hydrogen-bond acceptors (Lipinski definition) is 2. The smallest absolute Gasteiger partial charge is 0.319 e. The Morgan fingerprint density at radius 2 is 1.73 bits per heavy atom. The van der Waals surface area contributed by atoms with Gasteiger partial charge in [-0.2, -0.15) is 0 Å². The molecule has 138 valence electrons. The van der Waals surface area contributed by atoms with Gasteiger partial charge in [0.25, 0.3) is 5.91 Å². The number of benzene rings is 2. The van der Waals surface area contributed by atoms with Gasteiger partial charge in [0.1, 0.15) is 11.6 Å². The number of urea groups is 1. The highest BCUT2D eigenvalue weighted by molar-refractivity contribution is 5.96. The second kappa shape index (κ2) is 8.94. The molecule has 0 radical (unpaired) electrons. The van der Waals surface area contributed by atoms with Crippen molar-refractivity contribution in [3.05, 3.63) is 65.2 Å². The van der Waals surface area contributed by atoms with Crippen LogP contribution < -0.4 is 16.0 Å². The summed E-state index contributed by atoms with van der Waals surface area (Å²) < 4.78 is 26.3. The highest BCUT2D eigenvalue weighted by Gasteiger charge is 2.09. The molecule has 0 saturated carbocycles. The van der Waals surface area contributed by atoms with Crippen molar-refractivity contribution in [1.29, 1.82) is 0 Å². The first-order chi connectivity index (χ1) is 12.3. The van der Waals surface area contributed by atoms with Gasteiger partial charge in [-0.05, 0) is 56.2 Å². The summed E-state index contributed by atoms with van der Waals surface area (Å²) in [6.07, 6.45) is 0.301. The lowest BCUT2D eigenvalue weighted by Gasteiger charge is -2.11. The Labute approximate surface area is 150 Å². The van der Waals surface area contributed by atoms with E-state index in [2.05, 4.69) is 16.0 Å². The van der Waals surface area contributed by atoms with Gasteiger partial charge < -0.3 is 16.0 Å². The minimum absolute atomic E-state index is 0.00542. The predicted octanol–water partition coefficient (Wildman–Crippen LogP) is 3.47. The normalized spacial score (nSPS) is 10.5. The molecule has 5 nitrogen and oxygen atoms in total. The van der Waals surface area contributed by atoms with Gasteiger partial charge in [0.2, 0.25) is 0 Å². The van der Waals surface area contributed by atoms with E-state index >= 15 is 0 Å². The molecule has 0 atom stereocenters. The molecule has 0 unspecified atom stereocenters. The molecule has 26 heavy (non-hydrogen) atoms. The standard InChI is InChI=1S/C19H21F2N3O2/c1-12(2)23-19(26)24-17-5-3-4-14(10-17)18(25)22-7-6-13-8-15(20)11-16(21)9-13/h3-5,8-12H,6-7H2,1-2H3,(H,22,25)(H2,23,24,26). The third-order valence-corrected chi connectivity index (χ3v) is 3.42. The van der Waals surface area contributed by atoms with E-state index in [4.69, 9.17) is 0 Å². The average Bonchev–Trinajstić information content (AvgIpc) is 2.53. The molecule has 0 aliphatic rings. The van der Waals surface area contributed by atoms with Crippen LogP contribution in [0.3, 0.4) is 0 Å². The SMILES string of the molecule is CC(C)NC(=O)Nc1cccc(C(=O)NCCc2cc(F)cc(F)c2)c1. The fourth-order valence-corrected chi connectivity index (χ4v) is 2.35. The maximum Gasteiger partial charge on any atom is 0.319 e. The van der Waals surface area contributed by atoms with Crippen molar-refractivity contribution in [2.24, 2.45) is 0 Å². The highest BCUT2D eigenvalue weighted by Crippen LogP contribution is 2.11. The van der Waals surface area contributed by atoms with Gasteiger partial charge in [0.15, 0.2) is 0 Å². The summed E-state index contributed by atoms with van der Waals surface area (Å²) >= 11 is 0. The van der Waals surface area contributed by atoms with E-state index in [0.29, 0.717) is 23.2 Å². The van der Waals surface area contributed by atoms with Crippen LogP contribution in [-0.2, 0) is 6.42 Å². The Bertz CT molecular complexity index is 774. The van der Waals surface area contributed by atoms with Crippen molar-refractivity contribution < 1.29 is 18.4 Å². The summed E-state index contributed by atoms with van der Waals surface area (Å²) in [5, 5.41) is 8.03. The first kappa shape index (κ1) is 19.4. The Morgan fingerprint density at radius 1 is 1.04 bits per heavy atom. The number of carbonyl (C=O) groups is 2. The third-order valence-electron chi connectivity index (χ3n) is 3.42. The molecule has 2 aromatic rings.